The molecule has 1 nitrogen and oxygen atoms in total. The molecule has 1 heteroatoms. The Balaban J connectivity index is 1.74. The lowest BCUT2D eigenvalue weighted by Crippen LogP contribution is -2.44. The predicted molar refractivity (Wildman–Crippen MR) is 70.6 cm³/mol. The Morgan fingerprint density at radius 2 is 1.69 bits per heavy atom. The molecule has 0 unspecified atom stereocenters. The van der Waals surface area contributed by atoms with E-state index in [1.165, 1.54) is 32.1 Å². The maximum absolute atomic E-state index is 2.43. The molecule has 16 heavy (non-hydrogen) atoms. The highest BCUT2D eigenvalue weighted by atomic mass is 15.1. The van der Waals surface area contributed by atoms with Crippen LogP contribution in [0.2, 0.25) is 0 Å². The highest BCUT2D eigenvalue weighted by Crippen LogP contribution is 2.56. The Hall–Kier alpha value is -0.0400. The molecule has 0 aliphatic heterocycles. The highest BCUT2D eigenvalue weighted by Gasteiger charge is 2.45. The zero-order valence-electron chi connectivity index (χ0n) is 11.6. The summed E-state index contributed by atoms with van der Waals surface area (Å²) < 4.78 is 0. The zero-order chi connectivity index (χ0) is 11.8. The molecule has 0 atom stereocenters. The van der Waals surface area contributed by atoms with Gasteiger partial charge in [-0.2, -0.15) is 0 Å². The zero-order valence-corrected chi connectivity index (χ0v) is 11.6. The number of rotatable bonds is 3. The smallest absolute Gasteiger partial charge is 0.00895 e. The predicted octanol–water partition coefficient (Wildman–Crippen LogP) is 3.93. The van der Waals surface area contributed by atoms with E-state index in [4.69, 9.17) is 0 Å². The minimum atomic E-state index is 0.798. The van der Waals surface area contributed by atoms with Gasteiger partial charge < -0.3 is 4.90 Å². The fraction of sp³-hybridized carbons (Fsp3) is 1.00. The molecular formula is C15H29N. The van der Waals surface area contributed by atoms with Crippen molar-refractivity contribution in [3.63, 3.8) is 0 Å². The highest BCUT2D eigenvalue weighted by molar-refractivity contribution is 4.97. The first-order chi connectivity index (χ1) is 7.51. The largest absolute Gasteiger partial charge is 0.306 e. The minimum absolute atomic E-state index is 0.798. The summed E-state index contributed by atoms with van der Waals surface area (Å²) in [5.74, 6) is 1.97. The van der Waals surface area contributed by atoms with Gasteiger partial charge in [0.05, 0.1) is 0 Å². The molecular weight excluding hydrogens is 194 g/mol. The van der Waals surface area contributed by atoms with Gasteiger partial charge in [-0.15, -0.1) is 0 Å². The number of nitrogens with zero attached hydrogens (tertiary/aromatic N) is 1. The van der Waals surface area contributed by atoms with E-state index < -0.39 is 0 Å². The van der Waals surface area contributed by atoms with E-state index in [0.29, 0.717) is 0 Å². The van der Waals surface area contributed by atoms with Crippen LogP contribution in [-0.2, 0) is 0 Å². The second-order valence-corrected chi connectivity index (χ2v) is 7.10. The molecule has 1 spiro atoms. The van der Waals surface area contributed by atoms with Crippen molar-refractivity contribution in [2.75, 3.05) is 14.1 Å². The summed E-state index contributed by atoms with van der Waals surface area (Å²) >= 11 is 0. The van der Waals surface area contributed by atoms with Gasteiger partial charge >= 0.3 is 0 Å². The lowest BCUT2D eigenvalue weighted by Gasteiger charge is -2.53. The van der Waals surface area contributed by atoms with Crippen LogP contribution in [0.15, 0.2) is 0 Å². The van der Waals surface area contributed by atoms with Crippen molar-refractivity contribution >= 4 is 0 Å². The molecule has 0 bridgehead atoms. The fourth-order valence-corrected chi connectivity index (χ4v) is 4.14. The first kappa shape index (κ1) is 12.4. The Bertz CT molecular complexity index is 208. The lowest BCUT2D eigenvalue weighted by molar-refractivity contribution is -0.0133. The van der Waals surface area contributed by atoms with E-state index in [0.717, 1.165) is 23.3 Å². The van der Waals surface area contributed by atoms with Gasteiger partial charge in [0.2, 0.25) is 0 Å². The molecule has 0 N–H and O–H groups in total. The second-order valence-electron chi connectivity index (χ2n) is 7.10. The van der Waals surface area contributed by atoms with Crippen molar-refractivity contribution in [2.45, 2.75) is 64.8 Å². The van der Waals surface area contributed by atoms with Crippen molar-refractivity contribution in [1.82, 2.24) is 4.90 Å². The lowest BCUT2D eigenvalue weighted by atomic mass is 9.54. The molecule has 0 radical (unpaired) electrons. The summed E-state index contributed by atoms with van der Waals surface area (Å²) in [5.41, 5.74) is 0.798. The molecule has 0 aromatic heterocycles. The molecule has 0 saturated heterocycles. The Kier molecular flexibility index (Phi) is 3.63. The van der Waals surface area contributed by atoms with Gasteiger partial charge in [0, 0.05) is 6.04 Å². The van der Waals surface area contributed by atoms with Crippen LogP contribution in [-0.4, -0.2) is 25.0 Å². The average molecular weight is 223 g/mol. The van der Waals surface area contributed by atoms with E-state index in [9.17, 15) is 0 Å². The number of hydrogen-bond acceptors (Lipinski definition) is 1. The maximum Gasteiger partial charge on any atom is 0.00895 e. The molecule has 2 rings (SSSR count). The van der Waals surface area contributed by atoms with Gasteiger partial charge in [0.1, 0.15) is 0 Å². The van der Waals surface area contributed by atoms with Gasteiger partial charge in [-0.3, -0.25) is 0 Å². The molecule has 2 aliphatic rings. The van der Waals surface area contributed by atoms with Crippen molar-refractivity contribution < 1.29 is 0 Å². The SMILES string of the molecule is CC(C)C[C@H]1CC2(CC[C@H](N(C)C)CC2)C1. The van der Waals surface area contributed by atoms with Gasteiger partial charge in [0.15, 0.2) is 0 Å². The summed E-state index contributed by atoms with van der Waals surface area (Å²) in [6, 6.07) is 0.870. The molecule has 2 fully saturated rings. The molecule has 0 aromatic rings. The Morgan fingerprint density at radius 1 is 1.12 bits per heavy atom. The minimum Gasteiger partial charge on any atom is -0.306 e. The molecule has 2 saturated carbocycles. The van der Waals surface area contributed by atoms with Crippen LogP contribution in [0.25, 0.3) is 0 Å². The molecule has 0 amide bonds. The van der Waals surface area contributed by atoms with Crippen LogP contribution in [0.4, 0.5) is 0 Å². The van der Waals surface area contributed by atoms with Crippen molar-refractivity contribution in [1.29, 1.82) is 0 Å². The molecule has 94 valence electrons. The van der Waals surface area contributed by atoms with Crippen LogP contribution in [0.3, 0.4) is 0 Å². The van der Waals surface area contributed by atoms with Crippen LogP contribution in [0.5, 0.6) is 0 Å². The van der Waals surface area contributed by atoms with Gasteiger partial charge in [-0.25, -0.2) is 0 Å². The fourth-order valence-electron chi connectivity index (χ4n) is 4.14. The summed E-state index contributed by atoms with van der Waals surface area (Å²) in [7, 11) is 4.48. The van der Waals surface area contributed by atoms with Crippen molar-refractivity contribution in [3.05, 3.63) is 0 Å². The van der Waals surface area contributed by atoms with Crippen LogP contribution < -0.4 is 0 Å². The molecule has 2 aliphatic carbocycles. The van der Waals surface area contributed by atoms with E-state index in [2.05, 4.69) is 32.8 Å². The summed E-state index contributed by atoms with van der Waals surface area (Å²) in [4.78, 5) is 2.43. The third kappa shape index (κ3) is 2.61. The summed E-state index contributed by atoms with van der Waals surface area (Å²) in [5, 5.41) is 0. The maximum atomic E-state index is 2.43. The third-order valence-corrected chi connectivity index (χ3v) is 4.99. The molecule has 0 heterocycles. The van der Waals surface area contributed by atoms with Gasteiger partial charge in [-0.1, -0.05) is 13.8 Å². The summed E-state index contributed by atoms with van der Waals surface area (Å²) in [6.07, 6.45) is 10.5. The topological polar surface area (TPSA) is 3.24 Å². The third-order valence-electron chi connectivity index (χ3n) is 4.99. The second kappa shape index (κ2) is 4.68. The first-order valence-corrected chi connectivity index (χ1v) is 7.17. The quantitative estimate of drug-likeness (QED) is 0.700. The first-order valence-electron chi connectivity index (χ1n) is 7.17. The van der Waals surface area contributed by atoms with E-state index >= 15 is 0 Å². The van der Waals surface area contributed by atoms with Crippen molar-refractivity contribution in [3.8, 4) is 0 Å². The Morgan fingerprint density at radius 3 is 2.12 bits per heavy atom. The van der Waals surface area contributed by atoms with E-state index in [1.54, 1.807) is 12.8 Å². The standard InChI is InChI=1S/C15H29N/c1-12(2)9-13-10-15(11-13)7-5-14(6-8-15)16(3)4/h12-14H,5-11H2,1-4H3/t13-,14-,15?. The normalized spacial score (nSPS) is 39.4. The van der Waals surface area contributed by atoms with Gasteiger partial charge in [-0.05, 0) is 76.3 Å². The van der Waals surface area contributed by atoms with Crippen LogP contribution in [0.1, 0.15) is 58.8 Å². The van der Waals surface area contributed by atoms with Crippen molar-refractivity contribution in [2.24, 2.45) is 17.3 Å². The Labute approximate surface area is 102 Å². The van der Waals surface area contributed by atoms with Crippen LogP contribution >= 0.6 is 0 Å². The average Bonchev–Trinajstić information content (AvgIpc) is 2.15. The molecule has 0 aromatic carbocycles. The van der Waals surface area contributed by atoms with Crippen LogP contribution in [0, 0.1) is 17.3 Å². The summed E-state index contributed by atoms with van der Waals surface area (Å²) in [6.45, 7) is 4.74. The number of hydrogen-bond donors (Lipinski definition) is 0. The van der Waals surface area contributed by atoms with E-state index in [-0.39, 0.29) is 0 Å². The van der Waals surface area contributed by atoms with E-state index in [1.807, 2.05) is 0 Å². The monoisotopic (exact) mass is 223 g/mol. The van der Waals surface area contributed by atoms with Gasteiger partial charge in [0.25, 0.3) is 0 Å².